The number of aromatic nitrogens is 3. The first-order valence-corrected chi connectivity index (χ1v) is 6.88. The van der Waals surface area contributed by atoms with Gasteiger partial charge in [0, 0.05) is 19.0 Å². The van der Waals surface area contributed by atoms with Crippen LogP contribution in [0.25, 0.3) is 0 Å². The Morgan fingerprint density at radius 1 is 1.38 bits per heavy atom. The molecule has 1 N–H and O–H groups in total. The summed E-state index contributed by atoms with van der Waals surface area (Å²) >= 11 is 0. The van der Waals surface area contributed by atoms with E-state index in [9.17, 15) is 4.79 Å². The average Bonchev–Trinajstić information content (AvgIpc) is 2.94. The van der Waals surface area contributed by atoms with Crippen molar-refractivity contribution >= 4 is 11.7 Å². The SMILES string of the molecule is Cc1noc(C2CCN(c3ccc(C(=O)O)nc3)CC2)n1. The molecule has 21 heavy (non-hydrogen) atoms. The van der Waals surface area contributed by atoms with E-state index in [4.69, 9.17) is 9.63 Å². The number of carboxylic acids is 1. The summed E-state index contributed by atoms with van der Waals surface area (Å²) in [5.74, 6) is 0.674. The number of pyridine rings is 1. The molecule has 1 fully saturated rings. The first-order valence-electron chi connectivity index (χ1n) is 6.88. The molecule has 0 atom stereocenters. The molecule has 7 heteroatoms. The maximum absolute atomic E-state index is 10.8. The van der Waals surface area contributed by atoms with Crippen LogP contribution in [0.5, 0.6) is 0 Å². The van der Waals surface area contributed by atoms with Crippen LogP contribution in [0, 0.1) is 6.92 Å². The third-order valence-electron chi connectivity index (χ3n) is 3.72. The maximum Gasteiger partial charge on any atom is 0.354 e. The predicted molar refractivity (Wildman–Crippen MR) is 74.4 cm³/mol. The zero-order chi connectivity index (χ0) is 14.8. The van der Waals surface area contributed by atoms with E-state index in [0.29, 0.717) is 17.6 Å². The fourth-order valence-electron chi connectivity index (χ4n) is 2.56. The molecule has 3 heterocycles. The molecule has 0 aliphatic carbocycles. The van der Waals surface area contributed by atoms with Gasteiger partial charge in [-0.15, -0.1) is 0 Å². The molecule has 0 unspecified atom stereocenters. The number of anilines is 1. The van der Waals surface area contributed by atoms with Crippen molar-refractivity contribution < 1.29 is 14.4 Å². The Morgan fingerprint density at radius 2 is 2.14 bits per heavy atom. The van der Waals surface area contributed by atoms with Crippen molar-refractivity contribution in [2.24, 2.45) is 0 Å². The molecule has 110 valence electrons. The Kier molecular flexibility index (Phi) is 3.55. The smallest absolute Gasteiger partial charge is 0.354 e. The zero-order valence-corrected chi connectivity index (χ0v) is 11.7. The topological polar surface area (TPSA) is 92.4 Å². The molecular weight excluding hydrogens is 272 g/mol. The number of rotatable bonds is 3. The van der Waals surface area contributed by atoms with E-state index in [1.54, 1.807) is 12.3 Å². The molecule has 0 radical (unpaired) electrons. The Bertz CT molecular complexity index is 630. The summed E-state index contributed by atoms with van der Waals surface area (Å²) in [7, 11) is 0. The third-order valence-corrected chi connectivity index (χ3v) is 3.72. The van der Waals surface area contributed by atoms with Crippen LogP contribution in [0.2, 0.25) is 0 Å². The van der Waals surface area contributed by atoms with Crippen LogP contribution in [-0.4, -0.2) is 39.3 Å². The van der Waals surface area contributed by atoms with Crippen molar-refractivity contribution in [3.63, 3.8) is 0 Å². The highest BCUT2D eigenvalue weighted by molar-refractivity contribution is 5.85. The molecule has 7 nitrogen and oxygen atoms in total. The van der Waals surface area contributed by atoms with Crippen LogP contribution in [0.15, 0.2) is 22.9 Å². The molecule has 0 bridgehead atoms. The lowest BCUT2D eigenvalue weighted by atomic mass is 9.96. The summed E-state index contributed by atoms with van der Waals surface area (Å²) in [5, 5.41) is 12.7. The van der Waals surface area contributed by atoms with Gasteiger partial charge in [-0.1, -0.05) is 5.16 Å². The summed E-state index contributed by atoms with van der Waals surface area (Å²) in [6.45, 7) is 3.54. The first-order chi connectivity index (χ1) is 10.1. The lowest BCUT2D eigenvalue weighted by Gasteiger charge is -2.31. The fraction of sp³-hybridized carbons (Fsp3) is 0.429. The van der Waals surface area contributed by atoms with E-state index in [1.165, 1.54) is 6.07 Å². The van der Waals surface area contributed by atoms with Gasteiger partial charge >= 0.3 is 5.97 Å². The number of carbonyl (C=O) groups is 1. The first kappa shape index (κ1) is 13.5. The molecular formula is C14H16N4O3. The van der Waals surface area contributed by atoms with Crippen LogP contribution in [0.3, 0.4) is 0 Å². The molecule has 0 saturated carbocycles. The maximum atomic E-state index is 10.8. The zero-order valence-electron chi connectivity index (χ0n) is 11.7. The van der Waals surface area contributed by atoms with Gasteiger partial charge in [0.15, 0.2) is 5.82 Å². The number of aromatic carboxylic acids is 1. The second-order valence-corrected chi connectivity index (χ2v) is 5.15. The molecule has 0 aromatic carbocycles. The van der Waals surface area contributed by atoms with Crippen LogP contribution in [-0.2, 0) is 0 Å². The van der Waals surface area contributed by atoms with Gasteiger partial charge in [-0.25, -0.2) is 9.78 Å². The Labute approximate surface area is 121 Å². The number of carboxylic acid groups (broad SMARTS) is 1. The predicted octanol–water partition coefficient (Wildman–Crippen LogP) is 1.86. The highest BCUT2D eigenvalue weighted by atomic mass is 16.5. The molecule has 2 aromatic rings. The van der Waals surface area contributed by atoms with Gasteiger partial charge in [0.25, 0.3) is 0 Å². The minimum Gasteiger partial charge on any atom is -0.477 e. The Balaban J connectivity index is 1.64. The van der Waals surface area contributed by atoms with Crippen LogP contribution < -0.4 is 4.90 Å². The molecule has 1 aliphatic heterocycles. The number of aryl methyl sites for hydroxylation is 1. The summed E-state index contributed by atoms with van der Waals surface area (Å²) in [6.07, 6.45) is 3.48. The van der Waals surface area contributed by atoms with Crippen molar-refractivity contribution in [3.8, 4) is 0 Å². The fourth-order valence-corrected chi connectivity index (χ4v) is 2.56. The standard InChI is InChI=1S/C14H16N4O3/c1-9-16-13(21-17-9)10-4-6-18(7-5-10)11-2-3-12(14(19)20)15-8-11/h2-3,8,10H,4-7H2,1H3,(H,19,20). The van der Waals surface area contributed by atoms with Crippen molar-refractivity contribution in [2.75, 3.05) is 18.0 Å². The second-order valence-electron chi connectivity index (χ2n) is 5.15. The second kappa shape index (κ2) is 5.51. The molecule has 3 rings (SSSR count). The van der Waals surface area contributed by atoms with Gasteiger partial charge in [-0.2, -0.15) is 4.98 Å². The van der Waals surface area contributed by atoms with Crippen LogP contribution in [0.1, 0.15) is 41.0 Å². The lowest BCUT2D eigenvalue weighted by molar-refractivity contribution is 0.0690. The van der Waals surface area contributed by atoms with Gasteiger partial charge < -0.3 is 14.5 Å². The lowest BCUT2D eigenvalue weighted by Crippen LogP contribution is -2.33. The molecule has 1 aliphatic rings. The van der Waals surface area contributed by atoms with Gasteiger partial charge in [0.1, 0.15) is 5.69 Å². The summed E-state index contributed by atoms with van der Waals surface area (Å²) in [5.41, 5.74) is 1.01. The normalized spacial score (nSPS) is 16.1. The minimum atomic E-state index is -1.01. The monoisotopic (exact) mass is 288 g/mol. The highest BCUT2D eigenvalue weighted by Gasteiger charge is 2.25. The number of piperidine rings is 1. The van der Waals surface area contributed by atoms with E-state index in [1.807, 2.05) is 6.92 Å². The van der Waals surface area contributed by atoms with E-state index in [0.717, 1.165) is 31.6 Å². The molecule has 0 spiro atoms. The summed E-state index contributed by atoms with van der Waals surface area (Å²) < 4.78 is 5.23. The Morgan fingerprint density at radius 3 is 2.67 bits per heavy atom. The van der Waals surface area contributed by atoms with E-state index >= 15 is 0 Å². The largest absolute Gasteiger partial charge is 0.477 e. The van der Waals surface area contributed by atoms with Crippen molar-refractivity contribution in [1.29, 1.82) is 0 Å². The molecule has 0 amide bonds. The van der Waals surface area contributed by atoms with E-state index in [-0.39, 0.29) is 5.69 Å². The quantitative estimate of drug-likeness (QED) is 0.921. The summed E-state index contributed by atoms with van der Waals surface area (Å²) in [6, 6.07) is 3.33. The minimum absolute atomic E-state index is 0.0648. The third kappa shape index (κ3) is 2.86. The number of nitrogens with zero attached hydrogens (tertiary/aromatic N) is 4. The molecule has 1 saturated heterocycles. The Hall–Kier alpha value is -2.44. The van der Waals surface area contributed by atoms with Crippen LogP contribution in [0.4, 0.5) is 5.69 Å². The van der Waals surface area contributed by atoms with Gasteiger partial charge in [0.05, 0.1) is 11.9 Å². The van der Waals surface area contributed by atoms with Crippen molar-refractivity contribution in [3.05, 3.63) is 35.7 Å². The molecule has 2 aromatic heterocycles. The highest BCUT2D eigenvalue weighted by Crippen LogP contribution is 2.29. The van der Waals surface area contributed by atoms with Gasteiger partial charge in [0.2, 0.25) is 5.89 Å². The van der Waals surface area contributed by atoms with Crippen LogP contribution >= 0.6 is 0 Å². The van der Waals surface area contributed by atoms with E-state index in [2.05, 4.69) is 20.0 Å². The van der Waals surface area contributed by atoms with E-state index < -0.39 is 5.97 Å². The average molecular weight is 288 g/mol. The summed E-state index contributed by atoms with van der Waals surface area (Å²) in [4.78, 5) is 21.2. The van der Waals surface area contributed by atoms with Gasteiger partial charge in [-0.3, -0.25) is 0 Å². The van der Waals surface area contributed by atoms with Gasteiger partial charge in [-0.05, 0) is 31.9 Å². The van der Waals surface area contributed by atoms with Crippen molar-refractivity contribution in [2.45, 2.75) is 25.7 Å². The number of hydrogen-bond donors (Lipinski definition) is 1. The van der Waals surface area contributed by atoms with Crippen molar-refractivity contribution in [1.82, 2.24) is 15.1 Å². The number of hydrogen-bond acceptors (Lipinski definition) is 6.